The lowest BCUT2D eigenvalue weighted by atomic mass is 10.1. The van der Waals surface area contributed by atoms with Crippen LogP contribution in [0.4, 0.5) is 0 Å². The summed E-state index contributed by atoms with van der Waals surface area (Å²) in [6, 6.07) is 2.15. The Hall–Kier alpha value is -1.90. The molecule has 1 amide bonds. The van der Waals surface area contributed by atoms with Crippen molar-refractivity contribution in [2.75, 3.05) is 6.54 Å². The SMILES string of the molecule is CCCCCCCCCCCCCCN(C(C)=O)N1C(C(C)C)=NC2N=C(C#N)CC21. The molecule has 0 saturated heterocycles. The summed E-state index contributed by atoms with van der Waals surface area (Å²) in [5, 5.41) is 13.1. The van der Waals surface area contributed by atoms with Crippen molar-refractivity contribution in [3.05, 3.63) is 0 Å². The Labute approximate surface area is 189 Å². The summed E-state index contributed by atoms with van der Waals surface area (Å²) >= 11 is 0. The fourth-order valence-corrected chi connectivity index (χ4v) is 4.60. The summed E-state index contributed by atoms with van der Waals surface area (Å²) in [7, 11) is 0. The van der Waals surface area contributed by atoms with Crippen LogP contribution in [0.5, 0.6) is 0 Å². The van der Waals surface area contributed by atoms with Gasteiger partial charge in [0.05, 0.1) is 0 Å². The van der Waals surface area contributed by atoms with Gasteiger partial charge in [0.15, 0.2) is 6.17 Å². The van der Waals surface area contributed by atoms with Gasteiger partial charge in [-0.25, -0.2) is 9.98 Å². The predicted molar refractivity (Wildman–Crippen MR) is 128 cm³/mol. The Morgan fingerprint density at radius 1 is 1.03 bits per heavy atom. The van der Waals surface area contributed by atoms with Gasteiger partial charge in [0.2, 0.25) is 5.91 Å². The molecule has 0 aromatic carbocycles. The van der Waals surface area contributed by atoms with E-state index < -0.39 is 0 Å². The summed E-state index contributed by atoms with van der Waals surface area (Å²) in [5.74, 6) is 1.18. The Kier molecular flexibility index (Phi) is 11.0. The van der Waals surface area contributed by atoms with Gasteiger partial charge in [0.25, 0.3) is 0 Å². The molecule has 2 heterocycles. The maximum atomic E-state index is 12.5. The first kappa shape index (κ1) is 25.4. The number of hydrogen-bond donors (Lipinski definition) is 0. The zero-order valence-corrected chi connectivity index (χ0v) is 20.3. The van der Waals surface area contributed by atoms with Crippen molar-refractivity contribution >= 4 is 17.5 Å². The zero-order chi connectivity index (χ0) is 22.6. The number of unbranched alkanes of at least 4 members (excludes halogenated alkanes) is 11. The highest BCUT2D eigenvalue weighted by molar-refractivity contribution is 6.02. The highest BCUT2D eigenvalue weighted by Crippen LogP contribution is 2.31. The van der Waals surface area contributed by atoms with Gasteiger partial charge >= 0.3 is 0 Å². The van der Waals surface area contributed by atoms with E-state index in [2.05, 4.69) is 36.8 Å². The van der Waals surface area contributed by atoms with Crippen molar-refractivity contribution in [1.82, 2.24) is 10.0 Å². The second-order valence-corrected chi connectivity index (χ2v) is 9.39. The molecule has 0 radical (unpaired) electrons. The van der Waals surface area contributed by atoms with Crippen molar-refractivity contribution in [2.45, 2.75) is 123 Å². The third-order valence-corrected chi connectivity index (χ3v) is 6.34. The summed E-state index contributed by atoms with van der Waals surface area (Å²) in [4.78, 5) is 21.7. The molecule has 6 nitrogen and oxygen atoms in total. The number of amidine groups is 1. The van der Waals surface area contributed by atoms with Crippen LogP contribution < -0.4 is 0 Å². The number of hydrogen-bond acceptors (Lipinski definition) is 5. The van der Waals surface area contributed by atoms with E-state index in [1.807, 2.05) is 5.01 Å². The number of nitriles is 1. The standard InChI is InChI=1S/C25H43N5O/c1-5-6-7-8-9-10-11-12-13-14-15-16-17-29(21(4)31)30-23-18-22(19-26)27-24(23)28-25(30)20(2)3/h20,23-24H,5-18H2,1-4H3. The van der Waals surface area contributed by atoms with Crippen LogP contribution in [0.3, 0.4) is 0 Å². The molecule has 0 saturated carbocycles. The first-order valence-electron chi connectivity index (χ1n) is 12.6. The van der Waals surface area contributed by atoms with Crippen LogP contribution in [0.15, 0.2) is 9.98 Å². The largest absolute Gasteiger partial charge is 0.273 e. The van der Waals surface area contributed by atoms with Crippen molar-refractivity contribution in [1.29, 1.82) is 5.26 Å². The molecule has 0 bridgehead atoms. The molecule has 0 fully saturated rings. The van der Waals surface area contributed by atoms with Crippen molar-refractivity contribution in [3.63, 3.8) is 0 Å². The average molecular weight is 430 g/mol. The third kappa shape index (κ3) is 7.63. The first-order valence-corrected chi connectivity index (χ1v) is 12.6. The van der Waals surface area contributed by atoms with E-state index in [1.54, 1.807) is 6.92 Å². The molecular weight excluding hydrogens is 386 g/mol. The zero-order valence-electron chi connectivity index (χ0n) is 20.3. The van der Waals surface area contributed by atoms with E-state index in [1.165, 1.54) is 64.2 Å². The molecule has 2 aliphatic heterocycles. The van der Waals surface area contributed by atoms with E-state index in [-0.39, 0.29) is 24.0 Å². The first-order chi connectivity index (χ1) is 15.0. The van der Waals surface area contributed by atoms with Gasteiger partial charge < -0.3 is 0 Å². The maximum absolute atomic E-state index is 12.5. The van der Waals surface area contributed by atoms with E-state index >= 15 is 0 Å². The number of aliphatic imine (C=N–C) groups is 2. The molecule has 0 aromatic rings. The number of carbonyl (C=O) groups excluding carboxylic acids is 1. The highest BCUT2D eigenvalue weighted by Gasteiger charge is 2.44. The number of nitrogens with zero attached hydrogens (tertiary/aromatic N) is 5. The maximum Gasteiger partial charge on any atom is 0.238 e. The monoisotopic (exact) mass is 429 g/mol. The summed E-state index contributed by atoms with van der Waals surface area (Å²) in [6.07, 6.45) is 16.0. The molecule has 2 unspecified atom stereocenters. The van der Waals surface area contributed by atoms with Crippen LogP contribution in [0.1, 0.15) is 111 Å². The van der Waals surface area contributed by atoms with Gasteiger partial charge in [-0.15, -0.1) is 0 Å². The second-order valence-electron chi connectivity index (χ2n) is 9.39. The van der Waals surface area contributed by atoms with E-state index in [4.69, 9.17) is 4.99 Å². The second kappa shape index (κ2) is 13.5. The average Bonchev–Trinajstić information content (AvgIpc) is 3.29. The number of hydrazine groups is 1. The highest BCUT2D eigenvalue weighted by atomic mass is 16.2. The molecule has 2 atom stereocenters. The number of amides is 1. The van der Waals surface area contributed by atoms with Crippen LogP contribution in [-0.2, 0) is 4.79 Å². The molecule has 0 aliphatic carbocycles. The Balaban J connectivity index is 1.71. The lowest BCUT2D eigenvalue weighted by Gasteiger charge is -2.38. The number of carbonyl (C=O) groups is 1. The lowest BCUT2D eigenvalue weighted by molar-refractivity contribution is -0.142. The topological polar surface area (TPSA) is 72.1 Å². The van der Waals surface area contributed by atoms with Crippen LogP contribution in [0.25, 0.3) is 0 Å². The fraction of sp³-hybridized carbons (Fsp3) is 0.840. The minimum atomic E-state index is -0.240. The quantitative estimate of drug-likeness (QED) is 0.305. The summed E-state index contributed by atoms with van der Waals surface area (Å²) in [6.45, 7) is 8.81. The molecule has 174 valence electrons. The number of rotatable bonds is 15. The van der Waals surface area contributed by atoms with Gasteiger partial charge in [-0.3, -0.25) is 14.8 Å². The molecule has 31 heavy (non-hydrogen) atoms. The van der Waals surface area contributed by atoms with Crippen molar-refractivity contribution in [3.8, 4) is 6.07 Å². The molecule has 0 N–H and O–H groups in total. The van der Waals surface area contributed by atoms with Gasteiger partial charge in [-0.05, 0) is 6.42 Å². The molecule has 2 rings (SSSR count). The minimum Gasteiger partial charge on any atom is -0.273 e. The van der Waals surface area contributed by atoms with Gasteiger partial charge in [-0.1, -0.05) is 91.4 Å². The summed E-state index contributed by atoms with van der Waals surface area (Å²) < 4.78 is 0. The third-order valence-electron chi connectivity index (χ3n) is 6.34. The van der Waals surface area contributed by atoms with Crippen LogP contribution >= 0.6 is 0 Å². The van der Waals surface area contributed by atoms with E-state index in [9.17, 15) is 10.1 Å². The molecule has 2 aliphatic rings. The Morgan fingerprint density at radius 2 is 1.58 bits per heavy atom. The van der Waals surface area contributed by atoms with Gasteiger partial charge in [-0.2, -0.15) is 5.26 Å². The van der Waals surface area contributed by atoms with Crippen molar-refractivity contribution in [2.24, 2.45) is 15.9 Å². The Morgan fingerprint density at radius 3 is 2.06 bits per heavy atom. The molecule has 0 spiro atoms. The van der Waals surface area contributed by atoms with Gasteiger partial charge in [0, 0.05) is 25.8 Å². The lowest BCUT2D eigenvalue weighted by Crippen LogP contribution is -2.54. The number of fused-ring (bicyclic) bond motifs is 1. The summed E-state index contributed by atoms with van der Waals surface area (Å²) in [5.41, 5.74) is 0.542. The van der Waals surface area contributed by atoms with E-state index in [0.29, 0.717) is 18.7 Å². The Bertz CT molecular complexity index is 663. The fourth-order valence-electron chi connectivity index (χ4n) is 4.60. The van der Waals surface area contributed by atoms with Crippen molar-refractivity contribution < 1.29 is 4.79 Å². The predicted octanol–water partition coefficient (Wildman–Crippen LogP) is 5.88. The molecule has 0 aromatic heterocycles. The van der Waals surface area contributed by atoms with Crippen LogP contribution in [-0.4, -0.2) is 46.2 Å². The minimum absolute atomic E-state index is 0.0201. The normalized spacial score (nSPS) is 19.9. The van der Waals surface area contributed by atoms with Crippen LogP contribution in [0, 0.1) is 17.2 Å². The van der Waals surface area contributed by atoms with Crippen LogP contribution in [0.2, 0.25) is 0 Å². The molecule has 6 heteroatoms. The van der Waals surface area contributed by atoms with Gasteiger partial charge in [0.1, 0.15) is 23.7 Å². The smallest absolute Gasteiger partial charge is 0.238 e. The van der Waals surface area contributed by atoms with E-state index in [0.717, 1.165) is 18.7 Å². The molecular formula is C25H43N5O.